The molecule has 2 aromatic carbocycles. The highest BCUT2D eigenvalue weighted by Crippen LogP contribution is 2.32. The van der Waals surface area contributed by atoms with Crippen molar-refractivity contribution in [1.82, 2.24) is 9.88 Å². The van der Waals surface area contributed by atoms with Gasteiger partial charge in [-0.2, -0.15) is 0 Å². The molecule has 7 heteroatoms. The Hall–Kier alpha value is -3.32. The van der Waals surface area contributed by atoms with Gasteiger partial charge in [0.05, 0.1) is 25.4 Å². The number of nitrogens with zero attached hydrogens (tertiary/aromatic N) is 1. The van der Waals surface area contributed by atoms with E-state index in [0.29, 0.717) is 22.7 Å². The number of anilines is 1. The first-order valence-corrected chi connectivity index (χ1v) is 12.0. The molecule has 3 aromatic rings. The van der Waals surface area contributed by atoms with Gasteiger partial charge < -0.3 is 19.8 Å². The summed E-state index contributed by atoms with van der Waals surface area (Å²) in [7, 11) is 1.59. The highest BCUT2D eigenvalue weighted by atomic mass is 16.5. The van der Waals surface area contributed by atoms with E-state index in [2.05, 4.69) is 39.5 Å². The molecule has 1 amide bonds. The average Bonchev–Trinajstić information content (AvgIpc) is 3.22. The first-order valence-electron chi connectivity index (χ1n) is 12.0. The molecule has 1 saturated heterocycles. The van der Waals surface area contributed by atoms with Gasteiger partial charge in [-0.05, 0) is 75.9 Å². The molecule has 34 heavy (non-hydrogen) atoms. The van der Waals surface area contributed by atoms with Crippen LogP contribution in [-0.2, 0) is 16.0 Å². The number of likely N-dealkylation sites (tertiary alicyclic amines) is 1. The molecular weight excluding hydrogens is 430 g/mol. The fraction of sp³-hybridized carbons (Fsp3) is 0.407. The quantitative estimate of drug-likeness (QED) is 0.476. The van der Waals surface area contributed by atoms with E-state index in [-0.39, 0.29) is 24.2 Å². The van der Waals surface area contributed by atoms with Crippen LogP contribution in [0.3, 0.4) is 0 Å². The molecule has 180 valence electrons. The summed E-state index contributed by atoms with van der Waals surface area (Å²) in [6, 6.07) is 15.7. The average molecular weight is 464 g/mol. The maximum absolute atomic E-state index is 13.3. The summed E-state index contributed by atoms with van der Waals surface area (Å²) in [5.41, 5.74) is 2.77. The Bertz CT molecular complexity index is 1130. The molecule has 4 rings (SSSR count). The second kappa shape index (κ2) is 10.7. The number of H-pyrrole nitrogens is 1. The Morgan fingerprint density at radius 3 is 2.56 bits per heavy atom. The predicted molar refractivity (Wildman–Crippen MR) is 133 cm³/mol. The second-order valence-electron chi connectivity index (χ2n) is 8.84. The lowest BCUT2D eigenvalue weighted by molar-refractivity contribution is -0.121. The van der Waals surface area contributed by atoms with Gasteiger partial charge in [0.25, 0.3) is 0 Å². The molecule has 0 unspecified atom stereocenters. The Morgan fingerprint density at radius 2 is 1.88 bits per heavy atom. The first-order chi connectivity index (χ1) is 16.5. The molecule has 2 N–H and O–H groups in total. The number of fused-ring (bicyclic) bond motifs is 1. The number of carbonyl (C=O) groups excluding carboxylic acids is 2. The Balaban J connectivity index is 1.46. The number of aromatic amines is 1. The number of nitrogens with one attached hydrogen (secondary N) is 2. The van der Waals surface area contributed by atoms with Crippen LogP contribution in [0.4, 0.5) is 5.69 Å². The van der Waals surface area contributed by atoms with Crippen molar-refractivity contribution in [2.24, 2.45) is 5.92 Å². The van der Waals surface area contributed by atoms with Crippen molar-refractivity contribution in [2.75, 3.05) is 32.1 Å². The van der Waals surface area contributed by atoms with Gasteiger partial charge in [0.2, 0.25) is 5.91 Å². The van der Waals surface area contributed by atoms with Gasteiger partial charge in [0.15, 0.2) is 0 Å². The molecule has 0 spiro atoms. The van der Waals surface area contributed by atoms with E-state index < -0.39 is 5.97 Å². The Morgan fingerprint density at radius 1 is 1.15 bits per heavy atom. The highest BCUT2D eigenvalue weighted by molar-refractivity contribution is 6.12. The fourth-order valence-electron chi connectivity index (χ4n) is 4.67. The number of aromatic nitrogens is 1. The van der Waals surface area contributed by atoms with Crippen LogP contribution < -0.4 is 10.1 Å². The van der Waals surface area contributed by atoms with E-state index in [1.54, 1.807) is 14.0 Å². The number of hydrogen-bond donors (Lipinski definition) is 2. The number of piperidine rings is 1. The van der Waals surface area contributed by atoms with E-state index >= 15 is 0 Å². The second-order valence-corrected chi connectivity index (χ2v) is 8.84. The van der Waals surface area contributed by atoms with Gasteiger partial charge in [-0.25, -0.2) is 4.79 Å². The van der Waals surface area contributed by atoms with Crippen molar-refractivity contribution >= 4 is 28.5 Å². The lowest BCUT2D eigenvalue weighted by Gasteiger charge is -2.35. The van der Waals surface area contributed by atoms with Crippen LogP contribution in [0.1, 0.15) is 42.7 Å². The van der Waals surface area contributed by atoms with Gasteiger partial charge in [0, 0.05) is 10.9 Å². The van der Waals surface area contributed by atoms with Crippen molar-refractivity contribution in [3.63, 3.8) is 0 Å². The van der Waals surface area contributed by atoms with Crippen molar-refractivity contribution < 1.29 is 19.1 Å². The summed E-state index contributed by atoms with van der Waals surface area (Å²) in [5, 5.41) is 3.72. The van der Waals surface area contributed by atoms with Crippen LogP contribution >= 0.6 is 0 Å². The smallest absolute Gasteiger partial charge is 0.356 e. The van der Waals surface area contributed by atoms with Gasteiger partial charge in [0.1, 0.15) is 11.4 Å². The lowest BCUT2D eigenvalue weighted by atomic mass is 9.89. The van der Waals surface area contributed by atoms with Gasteiger partial charge in [-0.1, -0.05) is 30.3 Å². The minimum atomic E-state index is -0.498. The SMILES string of the molecule is CCOC(=O)c1[nH]c2ccc(OC)cc2c1NC(=O)[C@H](C)N1CCC(Cc2ccccc2)CC1. The van der Waals surface area contributed by atoms with Crippen LogP contribution in [-0.4, -0.2) is 54.6 Å². The Labute approximate surface area is 200 Å². The van der Waals surface area contributed by atoms with E-state index in [1.165, 1.54) is 5.56 Å². The maximum atomic E-state index is 13.3. The van der Waals surface area contributed by atoms with Gasteiger partial charge in [-0.15, -0.1) is 0 Å². The molecule has 0 bridgehead atoms. The summed E-state index contributed by atoms with van der Waals surface area (Å²) in [6.07, 6.45) is 3.20. The number of carbonyl (C=O) groups is 2. The molecule has 0 aliphatic carbocycles. The third kappa shape index (κ3) is 5.25. The predicted octanol–water partition coefficient (Wildman–Crippen LogP) is 4.63. The molecule has 1 atom stereocenters. The number of benzene rings is 2. The topological polar surface area (TPSA) is 83.7 Å². The molecule has 0 radical (unpaired) electrons. The summed E-state index contributed by atoms with van der Waals surface area (Å²) in [4.78, 5) is 31.2. The largest absolute Gasteiger partial charge is 0.497 e. The van der Waals surface area contributed by atoms with E-state index in [0.717, 1.165) is 37.9 Å². The zero-order chi connectivity index (χ0) is 24.1. The molecule has 1 aliphatic heterocycles. The van der Waals surface area contributed by atoms with E-state index in [1.807, 2.05) is 31.2 Å². The summed E-state index contributed by atoms with van der Waals surface area (Å²) >= 11 is 0. The molecular formula is C27H33N3O4. The third-order valence-electron chi connectivity index (χ3n) is 6.68. The molecule has 1 aliphatic rings. The van der Waals surface area contributed by atoms with Crippen LogP contribution in [0.5, 0.6) is 5.75 Å². The molecule has 1 fully saturated rings. The number of ether oxygens (including phenoxy) is 2. The first kappa shape index (κ1) is 23.8. The third-order valence-corrected chi connectivity index (χ3v) is 6.68. The molecule has 0 saturated carbocycles. The number of esters is 1. The van der Waals surface area contributed by atoms with Crippen molar-refractivity contribution in [3.8, 4) is 5.75 Å². The minimum Gasteiger partial charge on any atom is -0.497 e. The van der Waals surface area contributed by atoms with E-state index in [4.69, 9.17) is 9.47 Å². The van der Waals surface area contributed by atoms with E-state index in [9.17, 15) is 9.59 Å². The normalized spacial score (nSPS) is 15.7. The van der Waals surface area contributed by atoms with Crippen LogP contribution in [0.2, 0.25) is 0 Å². The van der Waals surface area contributed by atoms with Crippen molar-refractivity contribution in [2.45, 2.75) is 39.2 Å². The summed E-state index contributed by atoms with van der Waals surface area (Å²) in [5.74, 6) is 0.634. The maximum Gasteiger partial charge on any atom is 0.356 e. The van der Waals surface area contributed by atoms with Crippen molar-refractivity contribution in [3.05, 3.63) is 59.8 Å². The van der Waals surface area contributed by atoms with Gasteiger partial charge in [-0.3, -0.25) is 9.69 Å². The highest BCUT2D eigenvalue weighted by Gasteiger charge is 2.29. The molecule has 7 nitrogen and oxygen atoms in total. The monoisotopic (exact) mass is 463 g/mol. The van der Waals surface area contributed by atoms with Gasteiger partial charge >= 0.3 is 5.97 Å². The minimum absolute atomic E-state index is 0.143. The van der Waals surface area contributed by atoms with Crippen LogP contribution in [0, 0.1) is 5.92 Å². The number of amides is 1. The number of rotatable bonds is 8. The number of hydrogen-bond acceptors (Lipinski definition) is 5. The van der Waals surface area contributed by atoms with Crippen molar-refractivity contribution in [1.29, 1.82) is 0 Å². The van der Waals surface area contributed by atoms with Crippen LogP contribution in [0.25, 0.3) is 10.9 Å². The number of methoxy groups -OCH3 is 1. The molecule has 2 heterocycles. The Kier molecular flexibility index (Phi) is 7.53. The molecule has 1 aromatic heterocycles. The zero-order valence-electron chi connectivity index (χ0n) is 20.1. The zero-order valence-corrected chi connectivity index (χ0v) is 20.1. The summed E-state index contributed by atoms with van der Waals surface area (Å²) in [6.45, 7) is 5.67. The van der Waals surface area contributed by atoms with Crippen LogP contribution in [0.15, 0.2) is 48.5 Å². The lowest BCUT2D eigenvalue weighted by Crippen LogP contribution is -2.46. The fourth-order valence-corrected chi connectivity index (χ4v) is 4.67. The summed E-state index contributed by atoms with van der Waals surface area (Å²) < 4.78 is 10.6. The standard InChI is InChI=1S/C27H33N3O4/c1-4-34-27(32)25-24(22-17-21(33-3)10-11-23(22)28-25)29-26(31)18(2)30-14-12-20(13-15-30)16-19-8-6-5-7-9-19/h5-11,17-18,20,28H,4,12-16H2,1-3H3,(H,29,31)/t18-/m0/s1.